The third-order valence-electron chi connectivity index (χ3n) is 4.13. The highest BCUT2D eigenvalue weighted by molar-refractivity contribution is 8.04. The number of nitro groups is 1. The Balaban J connectivity index is 2.07. The van der Waals surface area contributed by atoms with Gasteiger partial charge in [-0.05, 0) is 35.4 Å². The highest BCUT2D eigenvalue weighted by atomic mass is 32.2. The number of carbonyl (C=O) groups is 3. The lowest BCUT2D eigenvalue weighted by atomic mass is 10.1. The first-order valence-corrected chi connectivity index (χ1v) is 9.48. The molecule has 1 heterocycles. The van der Waals surface area contributed by atoms with Crippen molar-refractivity contribution in [2.45, 2.75) is 25.3 Å². The lowest BCUT2D eigenvalue weighted by molar-refractivity contribution is -0.385. The van der Waals surface area contributed by atoms with Crippen LogP contribution in [0.3, 0.4) is 0 Å². The first kappa shape index (κ1) is 21.2. The number of benzene rings is 2. The van der Waals surface area contributed by atoms with E-state index in [9.17, 15) is 29.6 Å². The predicted octanol–water partition coefficient (Wildman–Crippen LogP) is 3.04. The van der Waals surface area contributed by atoms with Crippen LogP contribution in [0.1, 0.15) is 25.0 Å². The van der Waals surface area contributed by atoms with Crippen molar-refractivity contribution in [1.82, 2.24) is 0 Å². The van der Waals surface area contributed by atoms with Gasteiger partial charge >= 0.3 is 11.7 Å². The Morgan fingerprint density at radius 3 is 2.57 bits per heavy atom. The average Bonchev–Trinajstić information content (AvgIpc) is 2.68. The van der Waals surface area contributed by atoms with Gasteiger partial charge in [-0.3, -0.25) is 24.5 Å². The molecule has 0 bridgehead atoms. The van der Waals surface area contributed by atoms with Crippen molar-refractivity contribution in [3.63, 3.8) is 0 Å². The number of hydrogen-bond donors (Lipinski definition) is 1. The van der Waals surface area contributed by atoms with Crippen molar-refractivity contribution >= 4 is 47.0 Å². The summed E-state index contributed by atoms with van der Waals surface area (Å²) in [4.78, 5) is 48.5. The van der Waals surface area contributed by atoms with Crippen molar-refractivity contribution in [1.29, 1.82) is 0 Å². The lowest BCUT2D eigenvalue weighted by Crippen LogP contribution is -2.38. The maximum absolute atomic E-state index is 12.9. The minimum Gasteiger partial charge on any atom is -0.419 e. The van der Waals surface area contributed by atoms with Crippen LogP contribution in [0.2, 0.25) is 0 Å². The molecule has 30 heavy (non-hydrogen) atoms. The number of carbonyl (C=O) groups excluding carboxylic acids is 3. The summed E-state index contributed by atoms with van der Waals surface area (Å²) in [5.41, 5.74) is 0.903. The van der Waals surface area contributed by atoms with E-state index in [-0.39, 0.29) is 17.3 Å². The molecule has 9 nitrogen and oxygen atoms in total. The van der Waals surface area contributed by atoms with E-state index < -0.39 is 28.4 Å². The number of anilines is 1. The Morgan fingerprint density at radius 2 is 1.97 bits per heavy atom. The van der Waals surface area contributed by atoms with Crippen molar-refractivity contribution in [3.05, 3.63) is 62.5 Å². The Kier molecular flexibility index (Phi) is 5.99. The minimum absolute atomic E-state index is 0.169. The molecular formula is C20H16N2O7S. The van der Waals surface area contributed by atoms with Gasteiger partial charge in [0.05, 0.1) is 22.1 Å². The zero-order valence-electron chi connectivity index (χ0n) is 15.9. The monoisotopic (exact) mass is 428 g/mol. The van der Waals surface area contributed by atoms with Crippen LogP contribution in [-0.2, 0) is 21.0 Å². The summed E-state index contributed by atoms with van der Waals surface area (Å²) in [5, 5.41) is 20.7. The second-order valence-corrected chi connectivity index (χ2v) is 7.39. The summed E-state index contributed by atoms with van der Waals surface area (Å²) in [6.07, 6.45) is 1.42. The van der Waals surface area contributed by atoms with Crippen LogP contribution in [0.25, 0.3) is 6.08 Å². The fourth-order valence-corrected chi connectivity index (χ4v) is 3.95. The fourth-order valence-electron chi connectivity index (χ4n) is 2.87. The molecule has 154 valence electrons. The zero-order valence-corrected chi connectivity index (χ0v) is 16.8. The maximum atomic E-state index is 12.9. The molecule has 3 rings (SSSR count). The molecule has 2 amide bonds. The maximum Gasteiger partial charge on any atom is 0.312 e. The molecule has 0 atom stereocenters. The number of hydrogen-bond acceptors (Lipinski definition) is 8. The van der Waals surface area contributed by atoms with Crippen LogP contribution in [-0.4, -0.2) is 27.8 Å². The summed E-state index contributed by atoms with van der Waals surface area (Å²) in [7, 11) is 0. The molecule has 1 N–H and O–H groups in total. The van der Waals surface area contributed by atoms with Gasteiger partial charge in [-0.25, -0.2) is 4.90 Å². The van der Waals surface area contributed by atoms with Gasteiger partial charge in [-0.15, -0.1) is 0 Å². The fraction of sp³-hybridized carbons (Fsp3) is 0.150. The second-order valence-electron chi connectivity index (χ2n) is 6.31. The van der Waals surface area contributed by atoms with E-state index in [0.717, 1.165) is 23.6 Å². The second kappa shape index (κ2) is 8.47. The van der Waals surface area contributed by atoms with Gasteiger partial charge in [0.15, 0.2) is 0 Å². The number of fused-ring (bicyclic) bond motifs is 1. The van der Waals surface area contributed by atoms with E-state index in [1.165, 1.54) is 31.2 Å². The molecule has 2 aromatic rings. The number of amides is 2. The number of aliphatic hydroxyl groups is 1. The van der Waals surface area contributed by atoms with Crippen LogP contribution < -0.4 is 9.64 Å². The molecule has 0 unspecified atom stereocenters. The standard InChI is InChI=1S/C20H16N2O7S/c1-11(24)21-15-5-3-14(10-23)9-18(15)30-19(20(21)26)8-13-4-6-17(29-12(2)25)16(7-13)22(27)28/h3-9,23H,10H2,1-2H3/b19-8-. The van der Waals surface area contributed by atoms with E-state index in [0.29, 0.717) is 21.7 Å². The Hall–Kier alpha value is -3.50. The molecule has 0 aromatic heterocycles. The highest BCUT2D eigenvalue weighted by Gasteiger charge is 2.32. The van der Waals surface area contributed by atoms with E-state index in [1.54, 1.807) is 18.2 Å². The average molecular weight is 428 g/mol. The first-order chi connectivity index (χ1) is 14.2. The van der Waals surface area contributed by atoms with Gasteiger partial charge in [0.2, 0.25) is 11.7 Å². The number of imide groups is 1. The molecule has 2 aromatic carbocycles. The SMILES string of the molecule is CC(=O)Oc1ccc(/C=C2\Sc3cc(CO)ccc3N(C(C)=O)C2=O)cc1[N+](=O)[O-]. The molecule has 0 saturated heterocycles. The number of thioether (sulfide) groups is 1. The minimum atomic E-state index is -0.699. The topological polar surface area (TPSA) is 127 Å². The lowest BCUT2D eigenvalue weighted by Gasteiger charge is -2.28. The molecule has 0 spiro atoms. The third-order valence-corrected chi connectivity index (χ3v) is 5.19. The van der Waals surface area contributed by atoms with E-state index >= 15 is 0 Å². The molecule has 0 saturated carbocycles. The van der Waals surface area contributed by atoms with Crippen molar-refractivity contribution < 1.29 is 29.2 Å². The number of aliphatic hydroxyl groups excluding tert-OH is 1. The summed E-state index contributed by atoms with van der Waals surface area (Å²) in [6.45, 7) is 2.18. The van der Waals surface area contributed by atoms with Crippen LogP contribution in [0.5, 0.6) is 5.75 Å². The van der Waals surface area contributed by atoms with Gasteiger partial charge in [-0.2, -0.15) is 0 Å². The van der Waals surface area contributed by atoms with Gasteiger partial charge in [0.1, 0.15) is 0 Å². The molecule has 0 fully saturated rings. The molecule has 1 aliphatic heterocycles. The van der Waals surface area contributed by atoms with Crippen molar-refractivity contribution in [3.8, 4) is 5.75 Å². The normalized spacial score (nSPS) is 14.4. The quantitative estimate of drug-likeness (QED) is 0.259. The number of rotatable bonds is 4. The summed E-state index contributed by atoms with van der Waals surface area (Å²) in [6, 6.07) is 8.78. The summed E-state index contributed by atoms with van der Waals surface area (Å²) < 4.78 is 4.84. The van der Waals surface area contributed by atoms with Gasteiger partial charge in [0, 0.05) is 24.8 Å². The molecule has 0 aliphatic carbocycles. The van der Waals surface area contributed by atoms with E-state index in [4.69, 9.17) is 4.74 Å². The van der Waals surface area contributed by atoms with E-state index in [1.807, 2.05) is 0 Å². The van der Waals surface area contributed by atoms with E-state index in [2.05, 4.69) is 0 Å². The van der Waals surface area contributed by atoms with Crippen LogP contribution in [0, 0.1) is 10.1 Å². The smallest absolute Gasteiger partial charge is 0.312 e. The predicted molar refractivity (Wildman–Crippen MR) is 109 cm³/mol. The first-order valence-electron chi connectivity index (χ1n) is 8.66. The largest absolute Gasteiger partial charge is 0.419 e. The highest BCUT2D eigenvalue weighted by Crippen LogP contribution is 2.43. The Morgan fingerprint density at radius 1 is 1.23 bits per heavy atom. The van der Waals surface area contributed by atoms with Crippen molar-refractivity contribution in [2.24, 2.45) is 0 Å². The molecule has 0 radical (unpaired) electrons. The van der Waals surface area contributed by atoms with Crippen LogP contribution >= 0.6 is 11.8 Å². The van der Waals surface area contributed by atoms with Gasteiger partial charge < -0.3 is 9.84 Å². The summed E-state index contributed by atoms with van der Waals surface area (Å²) in [5.74, 6) is -1.96. The number of esters is 1. The van der Waals surface area contributed by atoms with Crippen molar-refractivity contribution in [2.75, 3.05) is 4.90 Å². The molecular weight excluding hydrogens is 412 g/mol. The molecule has 10 heteroatoms. The number of nitrogens with zero attached hydrogens (tertiary/aromatic N) is 2. The van der Waals surface area contributed by atoms with Crippen LogP contribution in [0.15, 0.2) is 46.2 Å². The Bertz CT molecular complexity index is 1110. The third kappa shape index (κ3) is 4.24. The Labute approximate surface area is 175 Å². The number of nitro benzene ring substituents is 1. The number of ether oxygens (including phenoxy) is 1. The zero-order chi connectivity index (χ0) is 22.0. The molecule has 1 aliphatic rings. The summed E-state index contributed by atoms with van der Waals surface area (Å²) >= 11 is 1.09. The van der Waals surface area contributed by atoms with Gasteiger partial charge in [0.25, 0.3) is 5.91 Å². The van der Waals surface area contributed by atoms with Gasteiger partial charge in [-0.1, -0.05) is 23.9 Å². The van der Waals surface area contributed by atoms with Crippen LogP contribution in [0.4, 0.5) is 11.4 Å².